The number of benzene rings is 1. The van der Waals surface area contributed by atoms with Crippen molar-refractivity contribution >= 4 is 40.3 Å². The first-order valence-electron chi connectivity index (χ1n) is 12.2. The molecule has 0 saturated carbocycles. The van der Waals surface area contributed by atoms with Crippen molar-refractivity contribution in [2.45, 2.75) is 65.1 Å². The fourth-order valence-corrected chi connectivity index (χ4v) is 3.71. The lowest BCUT2D eigenvalue weighted by molar-refractivity contribution is -0.131. The first-order valence-corrected chi connectivity index (χ1v) is 12.2. The lowest BCUT2D eigenvalue weighted by Gasteiger charge is -2.25. The van der Waals surface area contributed by atoms with E-state index in [1.165, 1.54) is 13.0 Å². The van der Waals surface area contributed by atoms with Crippen molar-refractivity contribution in [2.75, 3.05) is 11.9 Å². The standard InChI is InChI=1S/C25H37N7O5/c1-13(2)10-19(32-22(34)15(4)26)24(36)31-18(6-5-9-29-25(27)28)23(35)30-16-7-8-17-14(3)11-21(33)37-20(17)12-16/h7-8,11-13,15,18-19H,5-6,9-10,26H2,1-4H3,(H,30,35)(H,31,36)(H,32,34)(H4,27,28,29)/t15-,18+,19+/m1/s1. The van der Waals surface area contributed by atoms with Crippen LogP contribution in [0.4, 0.5) is 5.69 Å². The number of hydrogen-bond donors (Lipinski definition) is 7. The number of anilines is 1. The predicted octanol–water partition coefficient (Wildman–Crippen LogP) is 0.666. The minimum Gasteiger partial charge on any atom is -0.423 e. The van der Waals surface area contributed by atoms with Crippen LogP contribution in [0.2, 0.25) is 0 Å². The predicted molar refractivity (Wildman–Crippen MR) is 142 cm³/mol. The van der Waals surface area contributed by atoms with Crippen molar-refractivity contribution in [2.24, 2.45) is 17.4 Å². The molecular formula is C25H37N7O5. The first kappa shape index (κ1) is 29.3. The number of carbonyl (C=O) groups excluding carboxylic acids is 3. The van der Waals surface area contributed by atoms with Gasteiger partial charge in [-0.25, -0.2) is 4.79 Å². The molecule has 0 bridgehead atoms. The van der Waals surface area contributed by atoms with Gasteiger partial charge < -0.3 is 37.2 Å². The molecule has 0 aliphatic carbocycles. The van der Waals surface area contributed by atoms with Crippen molar-refractivity contribution in [3.8, 4) is 0 Å². The maximum atomic E-state index is 13.2. The fraction of sp³-hybridized carbons (Fsp3) is 0.480. The van der Waals surface area contributed by atoms with Gasteiger partial charge in [0, 0.05) is 29.8 Å². The second-order valence-electron chi connectivity index (χ2n) is 9.47. The van der Waals surface area contributed by atoms with Gasteiger partial charge in [0.15, 0.2) is 5.96 Å². The number of carbonyl (C=O) groups is 3. The summed E-state index contributed by atoms with van der Waals surface area (Å²) in [6, 6.07) is 3.71. The summed E-state index contributed by atoms with van der Waals surface area (Å²) in [5, 5.41) is 18.8. The number of hydrogen-bond acceptors (Lipinski definition) is 7. The summed E-state index contributed by atoms with van der Waals surface area (Å²) in [4.78, 5) is 50.3. The highest BCUT2D eigenvalue weighted by molar-refractivity contribution is 5.99. The Morgan fingerprint density at radius 1 is 1.03 bits per heavy atom. The van der Waals surface area contributed by atoms with Crippen LogP contribution in [0.1, 0.15) is 45.6 Å². The first-order chi connectivity index (χ1) is 17.4. The summed E-state index contributed by atoms with van der Waals surface area (Å²) in [7, 11) is 0. The number of nitrogens with one attached hydrogen (secondary N) is 5. The molecule has 1 aromatic carbocycles. The van der Waals surface area contributed by atoms with Gasteiger partial charge in [-0.1, -0.05) is 13.8 Å². The van der Waals surface area contributed by atoms with Crippen molar-refractivity contribution < 1.29 is 18.8 Å². The largest absolute Gasteiger partial charge is 0.423 e. The van der Waals surface area contributed by atoms with E-state index in [1.807, 2.05) is 13.8 Å². The van der Waals surface area contributed by atoms with E-state index in [1.54, 1.807) is 25.1 Å². The third-order valence-corrected chi connectivity index (χ3v) is 5.59. The van der Waals surface area contributed by atoms with Crippen LogP contribution < -0.4 is 38.4 Å². The van der Waals surface area contributed by atoms with E-state index in [2.05, 4.69) is 21.3 Å². The van der Waals surface area contributed by atoms with E-state index in [-0.39, 0.29) is 18.3 Å². The highest BCUT2D eigenvalue weighted by Gasteiger charge is 2.28. The number of fused-ring (bicyclic) bond motifs is 1. The third-order valence-electron chi connectivity index (χ3n) is 5.59. The normalized spacial score (nSPS) is 13.5. The van der Waals surface area contributed by atoms with E-state index in [4.69, 9.17) is 21.3 Å². The lowest BCUT2D eigenvalue weighted by atomic mass is 10.0. The lowest BCUT2D eigenvalue weighted by Crippen LogP contribution is -2.55. The van der Waals surface area contributed by atoms with Crippen molar-refractivity contribution in [3.63, 3.8) is 0 Å². The maximum absolute atomic E-state index is 13.2. The summed E-state index contributed by atoms with van der Waals surface area (Å²) < 4.78 is 5.25. The van der Waals surface area contributed by atoms with Crippen LogP contribution in [0.25, 0.3) is 11.0 Å². The second-order valence-corrected chi connectivity index (χ2v) is 9.47. The Morgan fingerprint density at radius 3 is 2.32 bits per heavy atom. The van der Waals surface area contributed by atoms with Crippen LogP contribution in [0.3, 0.4) is 0 Å². The maximum Gasteiger partial charge on any atom is 0.336 e. The van der Waals surface area contributed by atoms with E-state index in [9.17, 15) is 19.2 Å². The van der Waals surface area contributed by atoms with Crippen LogP contribution in [-0.2, 0) is 14.4 Å². The molecule has 0 unspecified atom stereocenters. The van der Waals surface area contributed by atoms with Gasteiger partial charge in [0.05, 0.1) is 6.04 Å². The molecule has 12 heteroatoms. The highest BCUT2D eigenvalue weighted by atomic mass is 16.4. The van der Waals surface area contributed by atoms with Crippen LogP contribution in [0.15, 0.2) is 33.5 Å². The number of guanidine groups is 1. The quantitative estimate of drug-likeness (QED) is 0.0923. The highest BCUT2D eigenvalue weighted by Crippen LogP contribution is 2.21. The number of aryl methyl sites for hydroxylation is 1. The molecule has 0 aliphatic heterocycles. The molecule has 0 aliphatic rings. The molecular weight excluding hydrogens is 478 g/mol. The molecule has 0 radical (unpaired) electrons. The Bertz CT molecular complexity index is 1190. The topological polar surface area (TPSA) is 205 Å². The third kappa shape index (κ3) is 9.22. The van der Waals surface area contributed by atoms with Gasteiger partial charge in [0.1, 0.15) is 17.7 Å². The average Bonchev–Trinajstić information content (AvgIpc) is 2.79. The zero-order valence-electron chi connectivity index (χ0n) is 21.6. The molecule has 202 valence electrons. The Kier molecular flexibility index (Phi) is 10.6. The molecule has 9 N–H and O–H groups in total. The summed E-state index contributed by atoms with van der Waals surface area (Å²) in [5.41, 5.74) is 11.9. The molecule has 1 aromatic heterocycles. The molecule has 0 saturated heterocycles. The smallest absolute Gasteiger partial charge is 0.336 e. The van der Waals surface area contributed by atoms with Gasteiger partial charge in [-0.3, -0.25) is 19.8 Å². The van der Waals surface area contributed by atoms with Crippen LogP contribution in [0, 0.1) is 18.3 Å². The van der Waals surface area contributed by atoms with Gasteiger partial charge in [0.25, 0.3) is 0 Å². The summed E-state index contributed by atoms with van der Waals surface area (Å²) in [6.07, 6.45) is 1.01. The Hall–Kier alpha value is -3.93. The van der Waals surface area contributed by atoms with Crippen molar-refractivity contribution in [1.29, 1.82) is 5.41 Å². The minimum atomic E-state index is -0.955. The van der Waals surface area contributed by atoms with Gasteiger partial charge in [-0.2, -0.15) is 0 Å². The van der Waals surface area contributed by atoms with E-state index in [0.29, 0.717) is 30.7 Å². The molecule has 3 amide bonds. The van der Waals surface area contributed by atoms with Gasteiger partial charge >= 0.3 is 5.63 Å². The zero-order valence-corrected chi connectivity index (χ0v) is 21.6. The van der Waals surface area contributed by atoms with Gasteiger partial charge in [-0.05, 0) is 56.7 Å². The zero-order chi connectivity index (χ0) is 27.7. The second kappa shape index (κ2) is 13.4. The van der Waals surface area contributed by atoms with Crippen molar-refractivity contribution in [1.82, 2.24) is 16.0 Å². The monoisotopic (exact) mass is 515 g/mol. The van der Waals surface area contributed by atoms with Crippen LogP contribution in [0.5, 0.6) is 0 Å². The fourth-order valence-electron chi connectivity index (χ4n) is 3.71. The number of amides is 3. The summed E-state index contributed by atoms with van der Waals surface area (Å²) in [5.74, 6) is -1.59. The van der Waals surface area contributed by atoms with Gasteiger partial charge in [-0.15, -0.1) is 0 Å². The van der Waals surface area contributed by atoms with Crippen LogP contribution >= 0.6 is 0 Å². The van der Waals surface area contributed by atoms with E-state index >= 15 is 0 Å². The molecule has 0 fully saturated rings. The molecule has 12 nitrogen and oxygen atoms in total. The average molecular weight is 516 g/mol. The minimum absolute atomic E-state index is 0.0897. The number of rotatable bonds is 12. The van der Waals surface area contributed by atoms with Crippen molar-refractivity contribution in [3.05, 3.63) is 40.2 Å². The summed E-state index contributed by atoms with van der Waals surface area (Å²) in [6.45, 7) is 7.46. The molecule has 2 aromatic rings. The summed E-state index contributed by atoms with van der Waals surface area (Å²) >= 11 is 0. The molecule has 0 spiro atoms. The Labute approximate surface area is 215 Å². The molecule has 37 heavy (non-hydrogen) atoms. The van der Waals surface area contributed by atoms with Gasteiger partial charge in [0.2, 0.25) is 17.7 Å². The van der Waals surface area contributed by atoms with E-state index in [0.717, 1.165) is 10.9 Å². The Balaban J connectivity index is 2.23. The van der Waals surface area contributed by atoms with Crippen LogP contribution in [-0.4, -0.2) is 48.4 Å². The Morgan fingerprint density at radius 2 is 1.70 bits per heavy atom. The molecule has 3 atom stereocenters. The number of nitrogens with two attached hydrogens (primary N) is 2. The molecule has 1 heterocycles. The molecule has 2 rings (SSSR count). The SMILES string of the molecule is Cc1cc(=O)oc2cc(NC(=O)[C@H](CCCNC(=N)N)NC(=O)[C@H](CC(C)C)NC(=O)[C@@H](C)N)ccc12. The van der Waals surface area contributed by atoms with E-state index < -0.39 is 41.5 Å².